The lowest BCUT2D eigenvalue weighted by atomic mass is 10.1. The molecule has 0 aliphatic carbocycles. The second-order valence-corrected chi connectivity index (χ2v) is 10.9. The molecule has 0 amide bonds. The predicted molar refractivity (Wildman–Crippen MR) is 162 cm³/mol. The van der Waals surface area contributed by atoms with E-state index in [1.165, 1.54) is 35.6 Å². The van der Waals surface area contributed by atoms with Crippen molar-refractivity contribution in [3.63, 3.8) is 0 Å². The van der Waals surface area contributed by atoms with Gasteiger partial charge in [0.25, 0.3) is 5.56 Å². The molecule has 7 nitrogen and oxygen atoms in total. The molecule has 10 heteroatoms. The molecule has 220 valence electrons. The number of nitrogens with zero attached hydrogens (tertiary/aromatic N) is 4. The van der Waals surface area contributed by atoms with Crippen molar-refractivity contribution in [3.05, 3.63) is 136 Å². The smallest absolute Gasteiger partial charge is 0.286 e. The average Bonchev–Trinajstić information content (AvgIpc) is 3.02. The molecule has 5 rings (SSSR count). The molecule has 2 aromatic carbocycles. The molecule has 0 fully saturated rings. The molecule has 0 radical (unpaired) electrons. The first kappa shape index (κ1) is 30.1. The zero-order chi connectivity index (χ0) is 30.2. The van der Waals surface area contributed by atoms with Crippen LogP contribution in [0.1, 0.15) is 34.9 Å². The van der Waals surface area contributed by atoms with Crippen LogP contribution in [0.3, 0.4) is 0 Å². The average molecular weight is 601 g/mol. The molecule has 0 spiro atoms. The largest absolute Gasteiger partial charge is 0.481 e. The lowest BCUT2D eigenvalue weighted by molar-refractivity contribution is 0.0364. The highest BCUT2D eigenvalue weighted by molar-refractivity contribution is 7.99. The lowest BCUT2D eigenvalue weighted by Crippen LogP contribution is -2.23. The third-order valence-electron chi connectivity index (χ3n) is 6.71. The second kappa shape index (κ2) is 14.2. The van der Waals surface area contributed by atoms with E-state index in [9.17, 15) is 13.6 Å². The Labute approximate surface area is 252 Å². The van der Waals surface area contributed by atoms with Gasteiger partial charge in [-0.05, 0) is 48.7 Å². The monoisotopic (exact) mass is 600 g/mol. The van der Waals surface area contributed by atoms with Gasteiger partial charge < -0.3 is 14.0 Å². The van der Waals surface area contributed by atoms with Gasteiger partial charge in [0.05, 0.1) is 32.1 Å². The quantitative estimate of drug-likeness (QED) is 0.115. The minimum absolute atomic E-state index is 0.141. The lowest BCUT2D eigenvalue weighted by Gasteiger charge is -2.18. The Morgan fingerprint density at radius 3 is 2.53 bits per heavy atom. The molecule has 0 bridgehead atoms. The number of aryl methyl sites for hydroxylation is 1. The fraction of sp³-hybridized carbons (Fsp3) is 0.212. The van der Waals surface area contributed by atoms with Gasteiger partial charge in [-0.15, -0.1) is 0 Å². The Hall–Kier alpha value is -4.41. The van der Waals surface area contributed by atoms with E-state index in [0.29, 0.717) is 45.7 Å². The summed E-state index contributed by atoms with van der Waals surface area (Å²) in [6.07, 6.45) is 3.53. The summed E-state index contributed by atoms with van der Waals surface area (Å²) >= 11 is 1.45. The Balaban J connectivity index is 1.32. The topological polar surface area (TPSA) is 79.1 Å². The van der Waals surface area contributed by atoms with E-state index in [1.54, 1.807) is 48.8 Å². The molecule has 1 unspecified atom stereocenters. The van der Waals surface area contributed by atoms with Crippen molar-refractivity contribution in [2.45, 2.75) is 37.8 Å². The van der Waals surface area contributed by atoms with Gasteiger partial charge in [-0.3, -0.25) is 4.79 Å². The highest BCUT2D eigenvalue weighted by Gasteiger charge is 2.16. The molecule has 43 heavy (non-hydrogen) atoms. The maximum Gasteiger partial charge on any atom is 0.286 e. The third-order valence-corrected chi connectivity index (χ3v) is 7.59. The van der Waals surface area contributed by atoms with Crippen LogP contribution in [-0.2, 0) is 17.9 Å². The molecule has 0 saturated heterocycles. The maximum absolute atomic E-state index is 14.8. The van der Waals surface area contributed by atoms with Gasteiger partial charge >= 0.3 is 0 Å². The summed E-state index contributed by atoms with van der Waals surface area (Å²) in [5.74, 6) is -0.144. The van der Waals surface area contributed by atoms with Crippen LogP contribution in [-0.4, -0.2) is 32.4 Å². The maximum atomic E-state index is 14.8. The van der Waals surface area contributed by atoms with Gasteiger partial charge in [0.2, 0.25) is 5.88 Å². The standard InChI is InChI=1S/C33H30F2N4O3S/c1-22-16-29(26-18-28(35)32(40)39(20-26)19-23-12-14-36-31(17-23)41-2)38-33(37-22)43-15-13-30(24-8-4-3-5-9-24)42-21-25-10-6-7-11-27(25)34/h3-12,14,16-18,20,30H,13,15,19,21H2,1-2H3. The zero-order valence-corrected chi connectivity index (χ0v) is 24.6. The summed E-state index contributed by atoms with van der Waals surface area (Å²) in [5.41, 5.74) is 3.17. The fourth-order valence-electron chi connectivity index (χ4n) is 4.54. The molecule has 0 aliphatic heterocycles. The summed E-state index contributed by atoms with van der Waals surface area (Å²) in [6.45, 7) is 2.13. The normalized spacial score (nSPS) is 11.8. The van der Waals surface area contributed by atoms with Crippen molar-refractivity contribution in [2.24, 2.45) is 0 Å². The van der Waals surface area contributed by atoms with Crippen molar-refractivity contribution >= 4 is 11.8 Å². The molecule has 0 saturated carbocycles. The SMILES string of the molecule is COc1cc(Cn2cc(-c3cc(C)nc(SCCC(OCc4ccccc4F)c4ccccc4)n3)cc(F)c2=O)ccn1. The molecular weight excluding hydrogens is 570 g/mol. The highest BCUT2D eigenvalue weighted by Crippen LogP contribution is 2.28. The molecule has 5 aromatic rings. The van der Waals surface area contributed by atoms with Crippen molar-refractivity contribution < 1.29 is 18.3 Å². The van der Waals surface area contributed by atoms with E-state index in [1.807, 2.05) is 37.3 Å². The Morgan fingerprint density at radius 2 is 1.74 bits per heavy atom. The van der Waals surface area contributed by atoms with Crippen LogP contribution in [0.25, 0.3) is 11.3 Å². The number of thioether (sulfide) groups is 1. The number of hydrogen-bond acceptors (Lipinski definition) is 7. The van der Waals surface area contributed by atoms with Crippen molar-refractivity contribution in [1.29, 1.82) is 0 Å². The number of halogens is 2. The number of hydrogen-bond donors (Lipinski definition) is 0. The van der Waals surface area contributed by atoms with Crippen molar-refractivity contribution in [3.8, 4) is 17.1 Å². The van der Waals surface area contributed by atoms with Crippen LogP contribution in [0, 0.1) is 18.6 Å². The Morgan fingerprint density at radius 1 is 0.953 bits per heavy atom. The highest BCUT2D eigenvalue weighted by atomic mass is 32.2. The van der Waals surface area contributed by atoms with Gasteiger partial charge in [0.15, 0.2) is 11.0 Å². The predicted octanol–water partition coefficient (Wildman–Crippen LogP) is 6.78. The van der Waals surface area contributed by atoms with Crippen LogP contribution in [0.4, 0.5) is 8.78 Å². The first-order chi connectivity index (χ1) is 20.9. The van der Waals surface area contributed by atoms with Crippen LogP contribution >= 0.6 is 11.8 Å². The van der Waals surface area contributed by atoms with E-state index >= 15 is 0 Å². The van der Waals surface area contributed by atoms with E-state index < -0.39 is 11.4 Å². The van der Waals surface area contributed by atoms with Crippen LogP contribution < -0.4 is 10.3 Å². The molecule has 0 aliphatic rings. The van der Waals surface area contributed by atoms with Crippen molar-refractivity contribution in [1.82, 2.24) is 19.5 Å². The number of rotatable bonds is 12. The minimum atomic E-state index is -0.873. The van der Waals surface area contributed by atoms with E-state index in [2.05, 4.69) is 15.0 Å². The Bertz CT molecular complexity index is 1750. The molecule has 1 atom stereocenters. The second-order valence-electron chi connectivity index (χ2n) is 9.83. The molecular formula is C33H30F2N4O3S. The zero-order valence-electron chi connectivity index (χ0n) is 23.7. The first-order valence-corrected chi connectivity index (χ1v) is 14.7. The summed E-state index contributed by atoms with van der Waals surface area (Å²) < 4.78 is 41.6. The van der Waals surface area contributed by atoms with E-state index in [-0.39, 0.29) is 25.1 Å². The summed E-state index contributed by atoms with van der Waals surface area (Å²) in [5, 5.41) is 0.521. The summed E-state index contributed by atoms with van der Waals surface area (Å²) in [4.78, 5) is 25.9. The molecule has 3 heterocycles. The van der Waals surface area contributed by atoms with Gasteiger partial charge in [-0.2, -0.15) is 0 Å². The van der Waals surface area contributed by atoms with Gasteiger partial charge in [-0.1, -0.05) is 60.3 Å². The number of pyridine rings is 2. The van der Waals surface area contributed by atoms with Crippen molar-refractivity contribution in [2.75, 3.05) is 12.9 Å². The summed E-state index contributed by atoms with van der Waals surface area (Å²) in [7, 11) is 1.51. The van der Waals surface area contributed by atoms with Gasteiger partial charge in [-0.25, -0.2) is 23.7 Å². The van der Waals surface area contributed by atoms with Crippen LogP contribution in [0.5, 0.6) is 5.88 Å². The third kappa shape index (κ3) is 7.91. The minimum Gasteiger partial charge on any atom is -0.481 e. The van der Waals surface area contributed by atoms with Crippen LogP contribution in [0.15, 0.2) is 101 Å². The Kier molecular flexibility index (Phi) is 9.91. The number of benzene rings is 2. The number of methoxy groups -OCH3 is 1. The van der Waals surface area contributed by atoms with Gasteiger partial charge in [0.1, 0.15) is 5.82 Å². The van der Waals surface area contributed by atoms with E-state index in [0.717, 1.165) is 11.1 Å². The number of ether oxygens (including phenoxy) is 2. The molecule has 0 N–H and O–H groups in total. The van der Waals surface area contributed by atoms with E-state index in [4.69, 9.17) is 9.47 Å². The fourth-order valence-corrected chi connectivity index (χ4v) is 5.43. The van der Waals surface area contributed by atoms with Crippen LogP contribution in [0.2, 0.25) is 0 Å². The molecule has 3 aromatic heterocycles. The first-order valence-electron chi connectivity index (χ1n) is 13.7. The number of aromatic nitrogens is 4. The summed E-state index contributed by atoms with van der Waals surface area (Å²) in [6, 6.07) is 22.8. The van der Waals surface area contributed by atoms with Gasteiger partial charge in [0, 0.05) is 41.0 Å².